The van der Waals surface area contributed by atoms with Crippen LogP contribution in [0.2, 0.25) is 0 Å². The number of rotatable bonds is 1. The van der Waals surface area contributed by atoms with Gasteiger partial charge in [0.25, 0.3) is 0 Å². The van der Waals surface area contributed by atoms with Crippen molar-refractivity contribution in [2.75, 3.05) is 0 Å². The molecule has 0 aliphatic heterocycles. The second-order valence-electron chi connectivity index (χ2n) is 3.95. The molecule has 2 aliphatic carbocycles. The van der Waals surface area contributed by atoms with Gasteiger partial charge in [-0.25, -0.2) is 0 Å². The van der Waals surface area contributed by atoms with Gasteiger partial charge in [0.1, 0.15) is 10.6 Å². The lowest BCUT2D eigenvalue weighted by Gasteiger charge is -2.22. The van der Waals surface area contributed by atoms with Crippen molar-refractivity contribution in [3.8, 4) is 0 Å². The lowest BCUT2D eigenvalue weighted by atomic mass is 9.84. The van der Waals surface area contributed by atoms with Crippen LogP contribution in [0.1, 0.15) is 32.1 Å². The topological polar surface area (TPSA) is 17.1 Å². The first-order valence-electron chi connectivity index (χ1n) is 4.48. The number of carbonyl (C=O) groups is 1. The molecular formula is C9H12Cl2O. The molecule has 0 radical (unpaired) electrons. The van der Waals surface area contributed by atoms with Crippen LogP contribution < -0.4 is 0 Å². The number of aldehydes is 1. The highest BCUT2D eigenvalue weighted by molar-refractivity contribution is 6.53. The van der Waals surface area contributed by atoms with Gasteiger partial charge in [0, 0.05) is 5.41 Å². The molecule has 0 saturated heterocycles. The maximum atomic E-state index is 10.7. The van der Waals surface area contributed by atoms with Crippen molar-refractivity contribution in [2.45, 2.75) is 36.4 Å². The highest BCUT2D eigenvalue weighted by Gasteiger charge is 2.75. The number of hydrogen-bond acceptors (Lipinski definition) is 1. The van der Waals surface area contributed by atoms with Crippen molar-refractivity contribution in [1.82, 2.24) is 0 Å². The third-order valence-corrected chi connectivity index (χ3v) is 4.67. The SMILES string of the molecule is O=CC1C(Cl)(Cl)C12CCCCC2. The predicted octanol–water partition coefficient (Wildman–Crippen LogP) is 2.94. The van der Waals surface area contributed by atoms with E-state index in [4.69, 9.17) is 23.2 Å². The Labute approximate surface area is 82.4 Å². The summed E-state index contributed by atoms with van der Waals surface area (Å²) < 4.78 is -0.741. The fraction of sp³-hybridized carbons (Fsp3) is 0.889. The molecule has 3 heteroatoms. The van der Waals surface area contributed by atoms with Gasteiger partial charge in [-0.15, -0.1) is 23.2 Å². The van der Waals surface area contributed by atoms with Gasteiger partial charge in [0.15, 0.2) is 0 Å². The Balaban J connectivity index is 2.17. The number of halogens is 2. The smallest absolute Gasteiger partial charge is 0.134 e. The lowest BCUT2D eigenvalue weighted by Crippen LogP contribution is -2.14. The third-order valence-electron chi connectivity index (χ3n) is 3.45. The molecule has 68 valence electrons. The van der Waals surface area contributed by atoms with Crippen LogP contribution in [0, 0.1) is 11.3 Å². The van der Waals surface area contributed by atoms with Crippen molar-refractivity contribution in [2.24, 2.45) is 11.3 Å². The average molecular weight is 207 g/mol. The van der Waals surface area contributed by atoms with E-state index in [9.17, 15) is 4.79 Å². The van der Waals surface area contributed by atoms with E-state index >= 15 is 0 Å². The summed E-state index contributed by atoms with van der Waals surface area (Å²) in [6.45, 7) is 0. The third kappa shape index (κ3) is 0.898. The van der Waals surface area contributed by atoms with Gasteiger partial charge in [-0.3, -0.25) is 0 Å². The highest BCUT2D eigenvalue weighted by Crippen LogP contribution is 2.73. The minimum Gasteiger partial charge on any atom is -0.303 e. The Bertz CT molecular complexity index is 207. The molecule has 2 rings (SSSR count). The Morgan fingerprint density at radius 1 is 1.17 bits per heavy atom. The molecule has 2 aliphatic rings. The van der Waals surface area contributed by atoms with E-state index in [0.29, 0.717) is 0 Å². The summed E-state index contributed by atoms with van der Waals surface area (Å²) in [6, 6.07) is 0. The van der Waals surface area contributed by atoms with Crippen LogP contribution in [0.4, 0.5) is 0 Å². The molecule has 0 N–H and O–H groups in total. The molecule has 1 nitrogen and oxygen atoms in total. The van der Waals surface area contributed by atoms with E-state index in [2.05, 4.69) is 0 Å². The first-order chi connectivity index (χ1) is 5.65. The Hall–Kier alpha value is 0.250. The van der Waals surface area contributed by atoms with Crippen LogP contribution in [0.25, 0.3) is 0 Å². The van der Waals surface area contributed by atoms with Crippen molar-refractivity contribution in [3.05, 3.63) is 0 Å². The van der Waals surface area contributed by atoms with Gasteiger partial charge in [-0.05, 0) is 12.8 Å². The van der Waals surface area contributed by atoms with Gasteiger partial charge in [0.05, 0.1) is 5.92 Å². The van der Waals surface area contributed by atoms with Crippen LogP contribution in [0.3, 0.4) is 0 Å². The van der Waals surface area contributed by atoms with Gasteiger partial charge >= 0.3 is 0 Å². The van der Waals surface area contributed by atoms with Gasteiger partial charge in [0.2, 0.25) is 0 Å². The monoisotopic (exact) mass is 206 g/mol. The zero-order chi connectivity index (χ0) is 8.82. The molecular weight excluding hydrogens is 195 g/mol. The maximum absolute atomic E-state index is 10.7. The molecule has 12 heavy (non-hydrogen) atoms. The van der Waals surface area contributed by atoms with Crippen LogP contribution in [-0.4, -0.2) is 10.6 Å². The molecule has 0 heterocycles. The molecule has 2 fully saturated rings. The van der Waals surface area contributed by atoms with Gasteiger partial charge in [-0.2, -0.15) is 0 Å². The molecule has 0 aromatic rings. The predicted molar refractivity (Wildman–Crippen MR) is 49.5 cm³/mol. The second kappa shape index (κ2) is 2.62. The van der Waals surface area contributed by atoms with Crippen molar-refractivity contribution >= 4 is 29.5 Å². The Morgan fingerprint density at radius 2 is 1.75 bits per heavy atom. The van der Waals surface area contributed by atoms with Crippen molar-refractivity contribution < 1.29 is 4.79 Å². The van der Waals surface area contributed by atoms with E-state index in [1.165, 1.54) is 19.3 Å². The van der Waals surface area contributed by atoms with Crippen LogP contribution in [-0.2, 0) is 4.79 Å². The summed E-state index contributed by atoms with van der Waals surface area (Å²) in [6.07, 6.45) is 6.60. The number of alkyl halides is 2. The Morgan fingerprint density at radius 3 is 2.17 bits per heavy atom. The zero-order valence-electron chi connectivity index (χ0n) is 6.85. The highest BCUT2D eigenvalue weighted by atomic mass is 35.5. The fourth-order valence-electron chi connectivity index (χ4n) is 2.58. The molecule has 0 aromatic heterocycles. The van der Waals surface area contributed by atoms with Crippen LogP contribution in [0.5, 0.6) is 0 Å². The summed E-state index contributed by atoms with van der Waals surface area (Å²) >= 11 is 12.2. The summed E-state index contributed by atoms with van der Waals surface area (Å²) in [4.78, 5) is 10.7. The lowest BCUT2D eigenvalue weighted by molar-refractivity contribution is -0.109. The summed E-state index contributed by atoms with van der Waals surface area (Å²) in [5.41, 5.74) is -0.0455. The largest absolute Gasteiger partial charge is 0.303 e. The van der Waals surface area contributed by atoms with E-state index in [1.54, 1.807) is 0 Å². The van der Waals surface area contributed by atoms with Crippen molar-refractivity contribution in [3.63, 3.8) is 0 Å². The summed E-state index contributed by atoms with van der Waals surface area (Å²) in [5.74, 6) is -0.103. The zero-order valence-corrected chi connectivity index (χ0v) is 8.37. The summed E-state index contributed by atoms with van der Waals surface area (Å²) in [5, 5.41) is 0. The number of hydrogen-bond donors (Lipinski definition) is 0. The molecule has 0 bridgehead atoms. The Kier molecular flexibility index (Phi) is 1.93. The minimum atomic E-state index is -0.741. The first kappa shape index (κ1) is 8.83. The minimum absolute atomic E-state index is 0.0455. The quantitative estimate of drug-likeness (QED) is 0.477. The van der Waals surface area contributed by atoms with Crippen molar-refractivity contribution in [1.29, 1.82) is 0 Å². The maximum Gasteiger partial charge on any atom is 0.134 e. The average Bonchev–Trinajstić information content (AvgIpc) is 2.49. The van der Waals surface area contributed by atoms with E-state index in [1.807, 2.05) is 0 Å². The molecule has 0 aromatic carbocycles. The summed E-state index contributed by atoms with van der Waals surface area (Å²) in [7, 11) is 0. The molecule has 1 unspecified atom stereocenters. The van der Waals surface area contributed by atoms with Gasteiger partial charge < -0.3 is 4.79 Å². The van der Waals surface area contributed by atoms with E-state index in [-0.39, 0.29) is 11.3 Å². The second-order valence-corrected chi connectivity index (χ2v) is 5.34. The van der Waals surface area contributed by atoms with Crippen LogP contribution in [0.15, 0.2) is 0 Å². The molecule has 1 atom stereocenters. The standard InChI is InChI=1S/C9H12Cl2O/c10-9(11)7(6-12)8(9)4-2-1-3-5-8/h6-7H,1-5H2. The molecule has 2 saturated carbocycles. The molecule has 1 spiro atoms. The van der Waals surface area contributed by atoms with E-state index < -0.39 is 4.33 Å². The molecule has 0 amide bonds. The van der Waals surface area contributed by atoms with E-state index in [0.717, 1.165) is 19.1 Å². The number of carbonyl (C=O) groups excluding carboxylic acids is 1. The first-order valence-corrected chi connectivity index (χ1v) is 5.24. The van der Waals surface area contributed by atoms with Gasteiger partial charge in [-0.1, -0.05) is 19.3 Å². The van der Waals surface area contributed by atoms with Crippen LogP contribution >= 0.6 is 23.2 Å². The fourth-order valence-corrected chi connectivity index (χ4v) is 3.61. The normalized spacial score (nSPS) is 36.3.